The molecule has 0 saturated carbocycles. The van der Waals surface area contributed by atoms with Gasteiger partial charge in [0.25, 0.3) is 0 Å². The van der Waals surface area contributed by atoms with Crippen molar-refractivity contribution in [1.82, 2.24) is 10.6 Å². The fourth-order valence-electron chi connectivity index (χ4n) is 4.29. The average Bonchev–Trinajstić information content (AvgIpc) is 2.94. The van der Waals surface area contributed by atoms with Crippen LogP contribution in [-0.4, -0.2) is 31.4 Å². The highest BCUT2D eigenvalue weighted by Gasteiger charge is 2.53. The van der Waals surface area contributed by atoms with Gasteiger partial charge in [-0.2, -0.15) is 0 Å². The fraction of sp³-hybridized carbons (Fsp3) is 0.273. The van der Waals surface area contributed by atoms with Crippen LogP contribution in [0, 0.1) is 28.8 Å². The molecular weight excluding hydrogens is 397 g/mol. The van der Waals surface area contributed by atoms with Gasteiger partial charge in [-0.15, -0.1) is 0 Å². The second kappa shape index (κ2) is 7.51. The van der Waals surface area contributed by atoms with Crippen LogP contribution < -0.4 is 10.6 Å². The maximum absolute atomic E-state index is 14.4. The Morgan fingerprint density at radius 1 is 1.20 bits per heavy atom. The molecule has 3 aliphatic rings. The van der Waals surface area contributed by atoms with Crippen molar-refractivity contribution in [3.8, 4) is 0 Å². The van der Waals surface area contributed by atoms with E-state index in [0.29, 0.717) is 29.9 Å². The van der Waals surface area contributed by atoms with Crippen LogP contribution in [-0.2, 0) is 9.53 Å². The van der Waals surface area contributed by atoms with Crippen molar-refractivity contribution in [3.05, 3.63) is 82.5 Å². The number of rotatable bonds is 4. The lowest BCUT2D eigenvalue weighted by molar-refractivity contribution is -0.139. The summed E-state index contributed by atoms with van der Waals surface area (Å²) in [5.74, 6) is -5.99. The third-order valence-electron chi connectivity index (χ3n) is 5.56. The lowest BCUT2D eigenvalue weighted by atomic mass is 9.65. The van der Waals surface area contributed by atoms with E-state index < -0.39 is 46.1 Å². The van der Waals surface area contributed by atoms with Gasteiger partial charge in [-0.05, 0) is 24.6 Å². The molecule has 2 unspecified atom stereocenters. The van der Waals surface area contributed by atoms with Gasteiger partial charge in [0.2, 0.25) is 0 Å². The van der Waals surface area contributed by atoms with Gasteiger partial charge in [0.1, 0.15) is 23.1 Å². The Labute approximate surface area is 171 Å². The van der Waals surface area contributed by atoms with Crippen molar-refractivity contribution in [2.24, 2.45) is 11.3 Å². The molecule has 2 heterocycles. The number of hydrogen-bond donors (Lipinski definition) is 2. The number of esters is 1. The molecule has 5 nitrogen and oxygen atoms in total. The van der Waals surface area contributed by atoms with E-state index in [1.165, 1.54) is 0 Å². The van der Waals surface area contributed by atoms with E-state index in [1.54, 1.807) is 31.2 Å². The smallest absolute Gasteiger partial charge is 0.354 e. The zero-order chi connectivity index (χ0) is 21.5. The summed E-state index contributed by atoms with van der Waals surface area (Å²) in [6, 6.07) is 0.971. The highest BCUT2D eigenvalue weighted by molar-refractivity contribution is 6.01. The summed E-state index contributed by atoms with van der Waals surface area (Å²) in [6.45, 7) is 2.24. The van der Waals surface area contributed by atoms with Gasteiger partial charge in [-0.3, -0.25) is 4.79 Å². The Morgan fingerprint density at radius 3 is 2.63 bits per heavy atom. The first kappa shape index (κ1) is 20.0. The van der Waals surface area contributed by atoms with Gasteiger partial charge in [0.05, 0.1) is 23.5 Å². The van der Waals surface area contributed by atoms with Crippen LogP contribution in [0.4, 0.5) is 13.2 Å². The maximum Gasteiger partial charge on any atom is 0.354 e. The van der Waals surface area contributed by atoms with Crippen molar-refractivity contribution >= 4 is 11.8 Å². The Hall–Kier alpha value is -3.29. The monoisotopic (exact) mass is 416 g/mol. The Balaban J connectivity index is 1.86. The maximum atomic E-state index is 14.4. The number of halogens is 3. The second-order valence-corrected chi connectivity index (χ2v) is 7.17. The minimum atomic E-state index is -1.26. The minimum Gasteiger partial charge on any atom is -0.461 e. The van der Waals surface area contributed by atoms with Crippen LogP contribution in [0.2, 0.25) is 0 Å². The van der Waals surface area contributed by atoms with E-state index in [-0.39, 0.29) is 18.8 Å². The van der Waals surface area contributed by atoms with Crippen LogP contribution in [0.25, 0.3) is 0 Å². The molecule has 2 atom stereocenters. The minimum absolute atomic E-state index is 0.0898. The lowest BCUT2D eigenvalue weighted by Gasteiger charge is -2.35. The molecule has 2 N–H and O–H groups in total. The fourth-order valence-corrected chi connectivity index (χ4v) is 4.29. The van der Waals surface area contributed by atoms with E-state index in [4.69, 9.17) is 4.74 Å². The third kappa shape index (κ3) is 3.03. The molecule has 0 amide bonds. The molecule has 1 aromatic carbocycles. The molecule has 1 aromatic rings. The molecule has 0 radical (unpaired) electrons. The van der Waals surface area contributed by atoms with Crippen molar-refractivity contribution < 1.29 is 27.5 Å². The molecule has 1 spiro atoms. The van der Waals surface area contributed by atoms with Crippen LogP contribution >= 0.6 is 0 Å². The molecule has 4 rings (SSSR count). The third-order valence-corrected chi connectivity index (χ3v) is 5.56. The van der Waals surface area contributed by atoms with Gasteiger partial charge in [0.15, 0.2) is 5.78 Å². The molecule has 1 aliphatic carbocycles. The summed E-state index contributed by atoms with van der Waals surface area (Å²) < 4.78 is 47.2. The summed E-state index contributed by atoms with van der Waals surface area (Å²) in [7, 11) is 0. The van der Waals surface area contributed by atoms with Gasteiger partial charge < -0.3 is 15.4 Å². The van der Waals surface area contributed by atoms with Crippen LogP contribution in [0.15, 0.2) is 59.5 Å². The largest absolute Gasteiger partial charge is 0.461 e. The zero-order valence-electron chi connectivity index (χ0n) is 16.1. The SMILES string of the molecule is CCOC(=O)C1=CC23C(=CCN1)C=CC=C2NCC3C(=O)c1c(F)cc(F)cc1F. The van der Waals surface area contributed by atoms with E-state index in [0.717, 1.165) is 0 Å². The number of Topliss-reactive ketones (excluding diaryl/α,β-unsaturated/α-hetero) is 1. The van der Waals surface area contributed by atoms with Gasteiger partial charge >= 0.3 is 5.97 Å². The van der Waals surface area contributed by atoms with Crippen molar-refractivity contribution in [2.75, 3.05) is 19.7 Å². The summed E-state index contributed by atoms with van der Waals surface area (Å²) in [5, 5.41) is 6.10. The number of carbonyl (C=O) groups excluding carboxylic acids is 2. The van der Waals surface area contributed by atoms with E-state index in [1.807, 2.05) is 6.08 Å². The quantitative estimate of drug-likeness (QED) is 0.584. The Morgan fingerprint density at radius 2 is 1.93 bits per heavy atom. The molecule has 156 valence electrons. The van der Waals surface area contributed by atoms with Gasteiger partial charge in [-0.25, -0.2) is 18.0 Å². The first-order valence-electron chi connectivity index (χ1n) is 9.54. The highest BCUT2D eigenvalue weighted by atomic mass is 19.1. The number of allylic oxidation sites excluding steroid dienone is 4. The zero-order valence-corrected chi connectivity index (χ0v) is 16.1. The summed E-state index contributed by atoms with van der Waals surface area (Å²) in [4.78, 5) is 25.8. The topological polar surface area (TPSA) is 67.4 Å². The van der Waals surface area contributed by atoms with Crippen LogP contribution in [0.3, 0.4) is 0 Å². The first-order valence-corrected chi connectivity index (χ1v) is 9.54. The van der Waals surface area contributed by atoms with Crippen LogP contribution in [0.5, 0.6) is 0 Å². The second-order valence-electron chi connectivity index (χ2n) is 7.17. The number of carbonyl (C=O) groups is 2. The first-order chi connectivity index (χ1) is 14.4. The molecule has 30 heavy (non-hydrogen) atoms. The van der Waals surface area contributed by atoms with E-state index in [2.05, 4.69) is 10.6 Å². The van der Waals surface area contributed by atoms with Gasteiger partial charge in [0, 0.05) is 30.9 Å². The number of hydrogen-bond acceptors (Lipinski definition) is 5. The Kier molecular flexibility index (Phi) is 5.01. The number of benzene rings is 1. The van der Waals surface area contributed by atoms with E-state index >= 15 is 0 Å². The molecule has 1 fully saturated rings. The van der Waals surface area contributed by atoms with Crippen molar-refractivity contribution in [1.29, 1.82) is 0 Å². The normalized spacial score (nSPS) is 24.3. The molecule has 8 heteroatoms. The molecule has 1 saturated heterocycles. The van der Waals surface area contributed by atoms with Crippen molar-refractivity contribution in [2.45, 2.75) is 6.92 Å². The Bertz CT molecular complexity index is 1030. The average molecular weight is 416 g/mol. The predicted octanol–water partition coefficient (Wildman–Crippen LogP) is 2.92. The van der Waals surface area contributed by atoms with E-state index in [9.17, 15) is 22.8 Å². The van der Waals surface area contributed by atoms with Crippen LogP contribution in [0.1, 0.15) is 17.3 Å². The summed E-state index contributed by atoms with van der Waals surface area (Å²) >= 11 is 0. The summed E-state index contributed by atoms with van der Waals surface area (Å²) in [6.07, 6.45) is 8.74. The molecule has 0 aromatic heterocycles. The molecule has 0 bridgehead atoms. The van der Waals surface area contributed by atoms with Crippen molar-refractivity contribution in [3.63, 3.8) is 0 Å². The standard InChI is InChI=1S/C22H19F3N2O3/c1-2-30-21(29)17-10-22-12(6-7-26-17)4-3-5-18(22)27-11-14(22)20(28)19-15(24)8-13(23)9-16(19)25/h3-6,8-10,14,26-27H,2,7,11H2,1H3. The van der Waals surface area contributed by atoms with Gasteiger partial charge in [-0.1, -0.05) is 18.2 Å². The number of ether oxygens (including phenoxy) is 1. The molecular formula is C22H19F3N2O3. The number of ketones is 1. The lowest BCUT2D eigenvalue weighted by Crippen LogP contribution is -2.36. The predicted molar refractivity (Wildman–Crippen MR) is 103 cm³/mol. The number of nitrogens with one attached hydrogen (secondary N) is 2. The summed E-state index contributed by atoms with van der Waals surface area (Å²) in [5.41, 5.74) is -0.437. The highest BCUT2D eigenvalue weighted by Crippen LogP contribution is 2.51. The molecule has 2 aliphatic heterocycles.